The van der Waals surface area contributed by atoms with Crippen LogP contribution in [-0.2, 0) is 0 Å². The van der Waals surface area contributed by atoms with E-state index in [1.54, 1.807) is 12.1 Å². The van der Waals surface area contributed by atoms with Gasteiger partial charge in [0, 0.05) is 10.6 Å². The predicted molar refractivity (Wildman–Crippen MR) is 73.5 cm³/mol. The SMILES string of the molecule is CNC(c1ccccc1F)c1cccc(Cl)c1C. The average Bonchev–Trinajstić information content (AvgIpc) is 2.37. The van der Waals surface area contributed by atoms with Crippen molar-refractivity contribution in [2.24, 2.45) is 0 Å². The highest BCUT2D eigenvalue weighted by Gasteiger charge is 2.18. The van der Waals surface area contributed by atoms with Gasteiger partial charge in [0.1, 0.15) is 5.82 Å². The molecule has 0 aliphatic carbocycles. The molecule has 1 N–H and O–H groups in total. The molecule has 0 saturated heterocycles. The molecule has 0 radical (unpaired) electrons. The Labute approximate surface area is 112 Å². The topological polar surface area (TPSA) is 12.0 Å². The van der Waals surface area contributed by atoms with E-state index in [9.17, 15) is 4.39 Å². The largest absolute Gasteiger partial charge is 0.309 e. The van der Waals surface area contributed by atoms with Crippen LogP contribution in [0.1, 0.15) is 22.7 Å². The van der Waals surface area contributed by atoms with Crippen molar-refractivity contribution in [2.75, 3.05) is 7.05 Å². The van der Waals surface area contributed by atoms with Crippen molar-refractivity contribution in [3.63, 3.8) is 0 Å². The molecule has 0 aliphatic heterocycles. The smallest absolute Gasteiger partial charge is 0.128 e. The Balaban J connectivity index is 2.53. The highest BCUT2D eigenvalue weighted by molar-refractivity contribution is 6.31. The van der Waals surface area contributed by atoms with E-state index in [1.807, 2.05) is 38.2 Å². The number of hydrogen-bond donors (Lipinski definition) is 1. The van der Waals surface area contributed by atoms with Crippen molar-refractivity contribution in [3.05, 3.63) is 70.0 Å². The molecule has 0 amide bonds. The summed E-state index contributed by atoms with van der Waals surface area (Å²) in [7, 11) is 1.82. The molecule has 0 aliphatic rings. The minimum atomic E-state index is -0.212. The summed E-state index contributed by atoms with van der Waals surface area (Å²) < 4.78 is 13.9. The van der Waals surface area contributed by atoms with Gasteiger partial charge >= 0.3 is 0 Å². The molecule has 2 aromatic carbocycles. The third-order valence-electron chi connectivity index (χ3n) is 3.13. The number of hydrogen-bond acceptors (Lipinski definition) is 1. The summed E-state index contributed by atoms with van der Waals surface area (Å²) >= 11 is 6.12. The van der Waals surface area contributed by atoms with Gasteiger partial charge < -0.3 is 5.32 Å². The molecular formula is C15H15ClFN. The van der Waals surface area contributed by atoms with Gasteiger partial charge in [0.2, 0.25) is 0 Å². The van der Waals surface area contributed by atoms with Crippen LogP contribution in [-0.4, -0.2) is 7.05 Å². The highest BCUT2D eigenvalue weighted by atomic mass is 35.5. The Morgan fingerprint density at radius 3 is 2.39 bits per heavy atom. The third kappa shape index (κ3) is 2.40. The zero-order valence-electron chi connectivity index (χ0n) is 10.4. The Morgan fingerprint density at radius 1 is 1.06 bits per heavy atom. The van der Waals surface area contributed by atoms with Crippen molar-refractivity contribution in [1.29, 1.82) is 0 Å². The van der Waals surface area contributed by atoms with Crippen molar-refractivity contribution in [3.8, 4) is 0 Å². The summed E-state index contributed by atoms with van der Waals surface area (Å²) in [5, 5.41) is 3.84. The molecule has 1 unspecified atom stereocenters. The Kier molecular flexibility index (Phi) is 4.00. The molecule has 0 spiro atoms. The molecule has 0 saturated carbocycles. The fourth-order valence-corrected chi connectivity index (χ4v) is 2.31. The number of halogens is 2. The van der Waals surface area contributed by atoms with Gasteiger partial charge in [-0.1, -0.05) is 41.9 Å². The zero-order valence-corrected chi connectivity index (χ0v) is 11.1. The normalized spacial score (nSPS) is 12.4. The molecular weight excluding hydrogens is 249 g/mol. The van der Waals surface area contributed by atoms with E-state index >= 15 is 0 Å². The maximum absolute atomic E-state index is 13.9. The number of rotatable bonds is 3. The molecule has 0 aromatic heterocycles. The maximum Gasteiger partial charge on any atom is 0.128 e. The summed E-state index contributed by atoms with van der Waals surface area (Å²) in [5.41, 5.74) is 2.60. The average molecular weight is 264 g/mol. The first-order valence-corrected chi connectivity index (χ1v) is 6.19. The first-order valence-electron chi connectivity index (χ1n) is 5.82. The lowest BCUT2D eigenvalue weighted by Gasteiger charge is -2.20. The molecule has 18 heavy (non-hydrogen) atoms. The lowest BCUT2D eigenvalue weighted by Crippen LogP contribution is -2.20. The van der Waals surface area contributed by atoms with E-state index in [2.05, 4.69) is 5.32 Å². The van der Waals surface area contributed by atoms with E-state index in [0.717, 1.165) is 11.1 Å². The molecule has 0 fully saturated rings. The fraction of sp³-hybridized carbons (Fsp3) is 0.200. The quantitative estimate of drug-likeness (QED) is 0.879. The van der Waals surface area contributed by atoms with Gasteiger partial charge in [0.05, 0.1) is 6.04 Å². The van der Waals surface area contributed by atoms with Crippen LogP contribution >= 0.6 is 11.6 Å². The lowest BCUT2D eigenvalue weighted by atomic mass is 9.95. The van der Waals surface area contributed by atoms with E-state index < -0.39 is 0 Å². The zero-order chi connectivity index (χ0) is 13.1. The first-order chi connectivity index (χ1) is 8.65. The van der Waals surface area contributed by atoms with Gasteiger partial charge in [-0.2, -0.15) is 0 Å². The van der Waals surface area contributed by atoms with Crippen LogP contribution < -0.4 is 5.32 Å². The second-order valence-electron chi connectivity index (χ2n) is 4.20. The fourth-order valence-electron chi connectivity index (χ4n) is 2.12. The maximum atomic E-state index is 13.9. The van der Waals surface area contributed by atoms with Gasteiger partial charge in [-0.25, -0.2) is 4.39 Å². The molecule has 0 heterocycles. The van der Waals surface area contributed by atoms with Gasteiger partial charge in [-0.15, -0.1) is 0 Å². The van der Waals surface area contributed by atoms with Crippen molar-refractivity contribution < 1.29 is 4.39 Å². The predicted octanol–water partition coefficient (Wildman–Crippen LogP) is 4.10. The van der Waals surface area contributed by atoms with Gasteiger partial charge in [0.25, 0.3) is 0 Å². The Hall–Kier alpha value is -1.38. The van der Waals surface area contributed by atoms with Gasteiger partial charge in [-0.3, -0.25) is 0 Å². The second kappa shape index (κ2) is 5.51. The van der Waals surface area contributed by atoms with E-state index in [-0.39, 0.29) is 11.9 Å². The Morgan fingerprint density at radius 2 is 1.72 bits per heavy atom. The summed E-state index contributed by atoms with van der Waals surface area (Å²) in [4.78, 5) is 0. The highest BCUT2D eigenvalue weighted by Crippen LogP contribution is 2.29. The minimum Gasteiger partial charge on any atom is -0.309 e. The van der Waals surface area contributed by atoms with E-state index in [0.29, 0.717) is 10.6 Å². The van der Waals surface area contributed by atoms with Crippen molar-refractivity contribution in [1.82, 2.24) is 5.32 Å². The van der Waals surface area contributed by atoms with Crippen LogP contribution in [0, 0.1) is 12.7 Å². The monoisotopic (exact) mass is 263 g/mol. The number of nitrogens with one attached hydrogen (secondary N) is 1. The molecule has 1 atom stereocenters. The van der Waals surface area contributed by atoms with E-state index in [4.69, 9.17) is 11.6 Å². The molecule has 0 bridgehead atoms. The van der Waals surface area contributed by atoms with Crippen LogP contribution in [0.25, 0.3) is 0 Å². The standard InChI is InChI=1S/C15H15ClFN/c1-10-11(7-5-8-13(10)16)15(18-2)12-6-3-4-9-14(12)17/h3-9,15,18H,1-2H3. The summed E-state index contributed by atoms with van der Waals surface area (Å²) in [6.45, 7) is 1.95. The van der Waals surface area contributed by atoms with Crippen LogP contribution in [0.3, 0.4) is 0 Å². The van der Waals surface area contributed by atoms with Crippen molar-refractivity contribution in [2.45, 2.75) is 13.0 Å². The lowest BCUT2D eigenvalue weighted by molar-refractivity contribution is 0.575. The van der Waals surface area contributed by atoms with Crippen LogP contribution in [0.4, 0.5) is 4.39 Å². The van der Waals surface area contributed by atoms with Crippen LogP contribution in [0.5, 0.6) is 0 Å². The van der Waals surface area contributed by atoms with Crippen LogP contribution in [0.15, 0.2) is 42.5 Å². The molecule has 3 heteroatoms. The second-order valence-corrected chi connectivity index (χ2v) is 4.60. The molecule has 2 rings (SSSR count). The van der Waals surface area contributed by atoms with Crippen LogP contribution in [0.2, 0.25) is 5.02 Å². The van der Waals surface area contributed by atoms with E-state index in [1.165, 1.54) is 6.07 Å². The third-order valence-corrected chi connectivity index (χ3v) is 3.53. The summed E-state index contributed by atoms with van der Waals surface area (Å²) in [6, 6.07) is 12.3. The summed E-state index contributed by atoms with van der Waals surface area (Å²) in [5.74, 6) is -0.212. The molecule has 2 aromatic rings. The minimum absolute atomic E-state index is 0.190. The van der Waals surface area contributed by atoms with Crippen molar-refractivity contribution >= 4 is 11.6 Å². The first kappa shape index (κ1) is 13.1. The Bertz CT molecular complexity index is 554. The molecule has 94 valence electrons. The number of benzene rings is 2. The summed E-state index contributed by atoms with van der Waals surface area (Å²) in [6.07, 6.45) is 0. The molecule has 1 nitrogen and oxygen atoms in total. The van der Waals surface area contributed by atoms with Gasteiger partial charge in [-0.05, 0) is 37.2 Å². The van der Waals surface area contributed by atoms with Gasteiger partial charge in [0.15, 0.2) is 0 Å².